The summed E-state index contributed by atoms with van der Waals surface area (Å²) in [6.07, 6.45) is -4.04. The Labute approximate surface area is 197 Å². The van der Waals surface area contributed by atoms with E-state index in [1.54, 1.807) is 19.1 Å². The van der Waals surface area contributed by atoms with Gasteiger partial charge in [-0.25, -0.2) is 8.42 Å². The summed E-state index contributed by atoms with van der Waals surface area (Å²) >= 11 is 0. The molecule has 0 heterocycles. The van der Waals surface area contributed by atoms with Gasteiger partial charge in [-0.05, 0) is 61.7 Å². The quantitative estimate of drug-likeness (QED) is 0.461. The Bertz CT molecular complexity index is 1290. The van der Waals surface area contributed by atoms with Gasteiger partial charge in [-0.3, -0.25) is 9.10 Å². The largest absolute Gasteiger partial charge is 0.416 e. The van der Waals surface area contributed by atoms with E-state index in [-0.39, 0.29) is 10.6 Å². The molecule has 3 rings (SSSR count). The first kappa shape index (κ1) is 25.3. The first-order chi connectivity index (χ1) is 15.9. The number of halogens is 3. The van der Waals surface area contributed by atoms with Gasteiger partial charge in [0, 0.05) is 5.69 Å². The number of hydrogen-bond donors (Lipinski definition) is 1. The van der Waals surface area contributed by atoms with Gasteiger partial charge in [-0.15, -0.1) is 0 Å². The topological polar surface area (TPSA) is 66.5 Å². The van der Waals surface area contributed by atoms with E-state index in [9.17, 15) is 26.4 Å². The van der Waals surface area contributed by atoms with Crippen molar-refractivity contribution in [3.8, 4) is 0 Å². The minimum absolute atomic E-state index is 0.131. The lowest BCUT2D eigenvalue weighted by molar-refractivity contribution is -0.137. The fourth-order valence-corrected chi connectivity index (χ4v) is 4.91. The molecule has 1 amide bonds. The molecule has 180 valence electrons. The molecule has 0 unspecified atom stereocenters. The van der Waals surface area contributed by atoms with Gasteiger partial charge in [0.25, 0.3) is 10.0 Å². The number of aryl methyl sites for hydroxylation is 3. The molecule has 0 atom stereocenters. The number of nitrogens with zero attached hydrogens (tertiary/aromatic N) is 1. The molecule has 5 nitrogen and oxygen atoms in total. The second-order valence-electron chi connectivity index (χ2n) is 7.88. The Morgan fingerprint density at radius 2 is 1.62 bits per heavy atom. The molecule has 0 spiro atoms. The zero-order valence-electron chi connectivity index (χ0n) is 19.0. The number of carbonyl (C=O) groups is 1. The van der Waals surface area contributed by atoms with Crippen molar-refractivity contribution in [1.82, 2.24) is 0 Å². The lowest BCUT2D eigenvalue weighted by Gasteiger charge is -2.25. The maximum atomic E-state index is 13.4. The van der Waals surface area contributed by atoms with Crippen molar-refractivity contribution in [3.63, 3.8) is 0 Å². The van der Waals surface area contributed by atoms with Gasteiger partial charge >= 0.3 is 6.18 Å². The summed E-state index contributed by atoms with van der Waals surface area (Å²) in [4.78, 5) is 12.9. The molecule has 34 heavy (non-hydrogen) atoms. The van der Waals surface area contributed by atoms with Crippen LogP contribution in [0.15, 0.2) is 71.6 Å². The molecule has 0 saturated heterocycles. The minimum Gasteiger partial charge on any atom is -0.324 e. The highest BCUT2D eigenvalue weighted by Gasteiger charge is 2.33. The average Bonchev–Trinajstić information content (AvgIpc) is 2.78. The van der Waals surface area contributed by atoms with E-state index in [0.717, 1.165) is 34.9 Å². The van der Waals surface area contributed by atoms with Crippen LogP contribution < -0.4 is 9.62 Å². The van der Waals surface area contributed by atoms with E-state index in [2.05, 4.69) is 5.32 Å². The van der Waals surface area contributed by atoms with Gasteiger partial charge in [0.2, 0.25) is 5.91 Å². The number of hydrogen-bond acceptors (Lipinski definition) is 3. The molecule has 0 bridgehead atoms. The van der Waals surface area contributed by atoms with Gasteiger partial charge in [0.1, 0.15) is 6.54 Å². The van der Waals surface area contributed by atoms with E-state index < -0.39 is 34.2 Å². The summed E-state index contributed by atoms with van der Waals surface area (Å²) in [6, 6.07) is 15.3. The number of amides is 1. The molecule has 9 heteroatoms. The van der Waals surface area contributed by atoms with Crippen LogP contribution in [0, 0.1) is 13.8 Å². The molecule has 0 aliphatic heterocycles. The van der Waals surface area contributed by atoms with Crippen LogP contribution in [0.1, 0.15) is 29.2 Å². The van der Waals surface area contributed by atoms with E-state index >= 15 is 0 Å². The van der Waals surface area contributed by atoms with Gasteiger partial charge < -0.3 is 5.32 Å². The molecular weight excluding hydrogens is 465 g/mol. The standard InChI is InChI=1S/C25H25F3N2O3S/c1-4-19-8-5-7-18(3)24(19)29-23(31)16-30(21-10-6-9-20(15-21)25(26,27)28)34(32,33)22-13-11-17(2)12-14-22/h5-15H,4,16H2,1-3H3,(H,29,31). The van der Waals surface area contributed by atoms with Crippen LogP contribution in [-0.2, 0) is 27.4 Å². The minimum atomic E-state index is -4.67. The molecule has 0 aliphatic carbocycles. The highest BCUT2D eigenvalue weighted by molar-refractivity contribution is 7.92. The lowest BCUT2D eigenvalue weighted by atomic mass is 10.1. The monoisotopic (exact) mass is 490 g/mol. The summed E-state index contributed by atoms with van der Waals surface area (Å²) in [5, 5.41) is 2.74. The van der Waals surface area contributed by atoms with Crippen molar-refractivity contribution in [3.05, 3.63) is 89.0 Å². The maximum absolute atomic E-state index is 13.4. The Kier molecular flexibility index (Phi) is 7.35. The summed E-state index contributed by atoms with van der Waals surface area (Å²) in [6.45, 7) is 4.81. The van der Waals surface area contributed by atoms with Crippen LogP contribution in [0.3, 0.4) is 0 Å². The fourth-order valence-electron chi connectivity index (χ4n) is 3.50. The number of sulfonamides is 1. The number of anilines is 2. The molecule has 0 saturated carbocycles. The predicted molar refractivity (Wildman–Crippen MR) is 126 cm³/mol. The van der Waals surface area contributed by atoms with Crippen LogP contribution in [-0.4, -0.2) is 20.9 Å². The zero-order chi connectivity index (χ0) is 25.1. The van der Waals surface area contributed by atoms with Crippen molar-refractivity contribution >= 4 is 27.3 Å². The molecule has 0 fully saturated rings. The van der Waals surface area contributed by atoms with Crippen LogP contribution in [0.2, 0.25) is 0 Å². The van der Waals surface area contributed by atoms with E-state index in [1.165, 1.54) is 18.2 Å². The van der Waals surface area contributed by atoms with Crippen LogP contribution in [0.25, 0.3) is 0 Å². The van der Waals surface area contributed by atoms with E-state index in [4.69, 9.17) is 0 Å². The van der Waals surface area contributed by atoms with Gasteiger partial charge in [0.05, 0.1) is 16.1 Å². The molecule has 0 aromatic heterocycles. The summed E-state index contributed by atoms with van der Waals surface area (Å²) in [7, 11) is -4.34. The second kappa shape index (κ2) is 9.89. The Hall–Kier alpha value is -3.33. The lowest BCUT2D eigenvalue weighted by Crippen LogP contribution is -2.38. The maximum Gasteiger partial charge on any atom is 0.416 e. The van der Waals surface area contributed by atoms with Gasteiger partial charge in [-0.1, -0.05) is 48.9 Å². The van der Waals surface area contributed by atoms with Crippen LogP contribution >= 0.6 is 0 Å². The summed E-state index contributed by atoms with van der Waals surface area (Å²) in [5.41, 5.74) is 1.76. The SMILES string of the molecule is CCc1cccc(C)c1NC(=O)CN(c1cccc(C(F)(F)F)c1)S(=O)(=O)c1ccc(C)cc1. The third-order valence-corrected chi connectivity index (χ3v) is 7.15. The van der Waals surface area contributed by atoms with Crippen molar-refractivity contribution in [2.24, 2.45) is 0 Å². The number of rotatable bonds is 7. The van der Waals surface area contributed by atoms with Gasteiger partial charge in [-0.2, -0.15) is 13.2 Å². The first-order valence-electron chi connectivity index (χ1n) is 10.6. The summed E-state index contributed by atoms with van der Waals surface area (Å²) < 4.78 is 67.6. The Balaban J connectivity index is 2.04. The van der Waals surface area contributed by atoms with Crippen LogP contribution in [0.4, 0.5) is 24.5 Å². The first-order valence-corrected chi connectivity index (χ1v) is 12.0. The van der Waals surface area contributed by atoms with Gasteiger partial charge in [0.15, 0.2) is 0 Å². The number of para-hydroxylation sites is 1. The molecule has 0 aliphatic rings. The van der Waals surface area contributed by atoms with Crippen molar-refractivity contribution in [1.29, 1.82) is 0 Å². The predicted octanol–water partition coefficient (Wildman–Crippen LogP) is 5.72. The smallest absolute Gasteiger partial charge is 0.324 e. The van der Waals surface area contributed by atoms with E-state index in [0.29, 0.717) is 16.4 Å². The van der Waals surface area contributed by atoms with Crippen molar-refractivity contribution in [2.75, 3.05) is 16.2 Å². The number of nitrogens with one attached hydrogen (secondary N) is 1. The Morgan fingerprint density at radius 3 is 2.24 bits per heavy atom. The van der Waals surface area contributed by atoms with Crippen molar-refractivity contribution < 1.29 is 26.4 Å². The number of alkyl halides is 3. The average molecular weight is 491 g/mol. The highest BCUT2D eigenvalue weighted by atomic mass is 32.2. The highest BCUT2D eigenvalue weighted by Crippen LogP contribution is 2.33. The molecule has 3 aromatic carbocycles. The van der Waals surface area contributed by atoms with E-state index in [1.807, 2.05) is 32.0 Å². The summed E-state index contributed by atoms with van der Waals surface area (Å²) in [5.74, 6) is -0.669. The molecular formula is C25H25F3N2O3S. The molecule has 1 N–H and O–H groups in total. The number of carbonyl (C=O) groups excluding carboxylic acids is 1. The second-order valence-corrected chi connectivity index (χ2v) is 9.75. The number of benzene rings is 3. The third-order valence-electron chi connectivity index (χ3n) is 5.36. The molecule has 0 radical (unpaired) electrons. The molecule has 3 aromatic rings. The van der Waals surface area contributed by atoms with Crippen LogP contribution in [0.5, 0.6) is 0 Å². The third kappa shape index (κ3) is 5.59. The normalized spacial score (nSPS) is 11.8. The Morgan fingerprint density at radius 1 is 0.971 bits per heavy atom. The van der Waals surface area contributed by atoms with Crippen molar-refractivity contribution in [2.45, 2.75) is 38.3 Å². The fraction of sp³-hybridized carbons (Fsp3) is 0.240. The zero-order valence-corrected chi connectivity index (χ0v) is 19.8.